The second-order valence-electron chi connectivity index (χ2n) is 6.41. The molecule has 0 aliphatic carbocycles. The van der Waals surface area contributed by atoms with Crippen LogP contribution in [0.4, 0.5) is 0 Å². The Hall–Kier alpha value is -1.66. The molecule has 1 aliphatic heterocycles. The third-order valence-electron chi connectivity index (χ3n) is 3.71. The number of rotatable bonds is 8. The summed E-state index contributed by atoms with van der Waals surface area (Å²) in [6.45, 7) is 5.91. The molecule has 0 aromatic carbocycles. The molecule has 6 heteroatoms. The minimum Gasteiger partial charge on any atom is -0.481 e. The molecule has 1 rings (SSSR count). The van der Waals surface area contributed by atoms with Crippen molar-refractivity contribution in [2.24, 2.45) is 5.92 Å². The largest absolute Gasteiger partial charge is 0.481 e. The Morgan fingerprint density at radius 1 is 1.23 bits per heavy atom. The molecule has 1 saturated heterocycles. The van der Waals surface area contributed by atoms with E-state index in [0.717, 1.165) is 12.8 Å². The number of carbonyl (C=O) groups excluding carboxylic acids is 1. The van der Waals surface area contributed by atoms with Crippen molar-refractivity contribution in [2.75, 3.05) is 0 Å². The van der Waals surface area contributed by atoms with E-state index in [0.29, 0.717) is 18.8 Å². The summed E-state index contributed by atoms with van der Waals surface area (Å²) in [5, 5.41) is 26.7. The first-order valence-electron chi connectivity index (χ1n) is 8.78. The van der Waals surface area contributed by atoms with Crippen molar-refractivity contribution in [1.82, 2.24) is 0 Å². The number of ether oxygens (including phenoxy) is 1. The molecule has 152 valence electrons. The lowest BCUT2D eigenvalue weighted by Crippen LogP contribution is -2.27. The molecule has 0 unspecified atom stereocenters. The Morgan fingerprint density at radius 2 is 1.85 bits per heavy atom. The fourth-order valence-electron chi connectivity index (χ4n) is 2.52. The summed E-state index contributed by atoms with van der Waals surface area (Å²) in [5.74, 6) is -0.601. The first-order chi connectivity index (χ1) is 11.8. The minimum absolute atomic E-state index is 0. The normalized spacial score (nSPS) is 22.1. The average molecular weight is 373 g/mol. The maximum Gasteiger partial charge on any atom is 0.306 e. The van der Waals surface area contributed by atoms with Crippen molar-refractivity contribution in [3.8, 4) is 0 Å². The summed E-state index contributed by atoms with van der Waals surface area (Å²) in [7, 11) is 0. The third-order valence-corrected chi connectivity index (χ3v) is 3.71. The van der Waals surface area contributed by atoms with Crippen molar-refractivity contribution < 1.29 is 29.6 Å². The van der Waals surface area contributed by atoms with Crippen LogP contribution in [-0.2, 0) is 14.3 Å². The maximum atomic E-state index is 11.0. The van der Waals surface area contributed by atoms with Crippen LogP contribution >= 0.6 is 0 Å². The van der Waals surface area contributed by atoms with Crippen LogP contribution in [-0.4, -0.2) is 45.6 Å². The van der Waals surface area contributed by atoms with Gasteiger partial charge < -0.3 is 20.1 Å². The second kappa shape index (κ2) is 15.6. The van der Waals surface area contributed by atoms with Gasteiger partial charge in [-0.3, -0.25) is 9.59 Å². The van der Waals surface area contributed by atoms with Crippen LogP contribution < -0.4 is 0 Å². The van der Waals surface area contributed by atoms with Gasteiger partial charge in [0, 0.05) is 19.3 Å². The molecular formula is C20H36O6. The van der Waals surface area contributed by atoms with E-state index in [2.05, 4.69) is 13.0 Å². The topological polar surface area (TPSA) is 104 Å². The first-order valence-corrected chi connectivity index (χ1v) is 8.78. The molecule has 0 bridgehead atoms. The molecule has 1 heterocycles. The van der Waals surface area contributed by atoms with Crippen molar-refractivity contribution >= 4 is 11.9 Å². The number of hydrogen-bond acceptors (Lipinski definition) is 5. The summed E-state index contributed by atoms with van der Waals surface area (Å²) in [4.78, 5) is 21.2. The van der Waals surface area contributed by atoms with E-state index in [9.17, 15) is 14.7 Å². The monoisotopic (exact) mass is 372 g/mol. The summed E-state index contributed by atoms with van der Waals surface area (Å²) < 4.78 is 5.17. The molecule has 4 atom stereocenters. The number of allylic oxidation sites excluding steroid dienone is 2. The highest BCUT2D eigenvalue weighted by atomic mass is 16.5. The molecule has 0 spiro atoms. The molecule has 0 aromatic heterocycles. The number of aliphatic hydroxyl groups excluding tert-OH is 2. The number of esters is 1. The number of cyclic esters (lactones) is 1. The fourth-order valence-corrected chi connectivity index (χ4v) is 2.52. The van der Waals surface area contributed by atoms with Gasteiger partial charge in [0.2, 0.25) is 0 Å². The van der Waals surface area contributed by atoms with Crippen LogP contribution in [0.25, 0.3) is 0 Å². The third kappa shape index (κ3) is 14.7. The highest BCUT2D eigenvalue weighted by molar-refractivity contribution is 5.70. The number of carboxylic acids is 1. The molecule has 6 nitrogen and oxygen atoms in total. The molecule has 26 heavy (non-hydrogen) atoms. The zero-order valence-electron chi connectivity index (χ0n) is 15.4. The summed E-state index contributed by atoms with van der Waals surface area (Å²) >= 11 is 0. The Morgan fingerprint density at radius 3 is 2.35 bits per heavy atom. The van der Waals surface area contributed by atoms with E-state index in [1.807, 2.05) is 19.9 Å². The van der Waals surface area contributed by atoms with Crippen LogP contribution in [0.2, 0.25) is 0 Å². The quantitative estimate of drug-likeness (QED) is 0.445. The Kier molecular flexibility index (Phi) is 15.9. The van der Waals surface area contributed by atoms with Crippen LogP contribution in [0.5, 0.6) is 0 Å². The van der Waals surface area contributed by atoms with E-state index in [-0.39, 0.29) is 32.3 Å². The zero-order chi connectivity index (χ0) is 19.2. The van der Waals surface area contributed by atoms with Crippen molar-refractivity contribution in [3.63, 3.8) is 0 Å². The molecule has 0 amide bonds. The number of carboxylic acid groups (broad SMARTS) is 1. The van der Waals surface area contributed by atoms with Gasteiger partial charge in [0.05, 0.1) is 18.6 Å². The second-order valence-corrected chi connectivity index (χ2v) is 6.41. The molecule has 1 fully saturated rings. The highest BCUT2D eigenvalue weighted by Crippen LogP contribution is 2.22. The summed E-state index contributed by atoms with van der Waals surface area (Å²) in [6.07, 6.45) is 8.83. The molecule has 0 radical (unpaired) electrons. The average Bonchev–Trinajstić information content (AvgIpc) is 2.49. The van der Waals surface area contributed by atoms with Gasteiger partial charge in [-0.25, -0.2) is 0 Å². The van der Waals surface area contributed by atoms with Gasteiger partial charge in [-0.15, -0.1) is 0 Å². The summed E-state index contributed by atoms with van der Waals surface area (Å²) in [5.41, 5.74) is 0. The van der Waals surface area contributed by atoms with E-state index in [1.54, 1.807) is 12.2 Å². The van der Waals surface area contributed by atoms with Gasteiger partial charge in [0.25, 0.3) is 0 Å². The van der Waals surface area contributed by atoms with E-state index in [1.165, 1.54) is 0 Å². The summed E-state index contributed by atoms with van der Waals surface area (Å²) in [6, 6.07) is 0. The predicted molar refractivity (Wildman–Crippen MR) is 103 cm³/mol. The van der Waals surface area contributed by atoms with E-state index >= 15 is 0 Å². The lowest BCUT2D eigenvalue weighted by atomic mass is 9.95. The van der Waals surface area contributed by atoms with Gasteiger partial charge in [-0.05, 0) is 32.6 Å². The lowest BCUT2D eigenvalue weighted by molar-refractivity contribution is -0.156. The standard InChI is InChI=1S/C10H16O2.C9H16O4.CH4/c1-3-4-5-9-6-8(2)7-10(11)12-9;1-2-3-4-7(10)5-8(11)6-9(12)13;/h3-4,8-9H,5-7H2,1-2H3;2-3,7-8,10-11H,4-6H2,1H3,(H,12,13);1H4/t8-,9-;7-,8-;/m11./s1. The van der Waals surface area contributed by atoms with Crippen LogP contribution in [0, 0.1) is 5.92 Å². The first kappa shape index (κ1) is 26.6. The number of hydrogen-bond donors (Lipinski definition) is 3. The van der Waals surface area contributed by atoms with Gasteiger partial charge in [0.1, 0.15) is 6.10 Å². The van der Waals surface area contributed by atoms with Crippen LogP contribution in [0.1, 0.15) is 66.7 Å². The van der Waals surface area contributed by atoms with Crippen LogP contribution in [0.3, 0.4) is 0 Å². The Balaban J connectivity index is 0. The molecule has 0 saturated carbocycles. The van der Waals surface area contributed by atoms with Gasteiger partial charge >= 0.3 is 11.9 Å². The number of carbonyl (C=O) groups is 2. The SMILES string of the molecule is C.CC=CC[C@@H](O)C[C@@H](O)CC(=O)O.CC=CC[C@@H]1C[C@@H](C)CC(=O)O1. The van der Waals surface area contributed by atoms with Crippen molar-refractivity contribution in [2.45, 2.75) is 85.0 Å². The van der Waals surface area contributed by atoms with Gasteiger partial charge in [0.15, 0.2) is 0 Å². The minimum atomic E-state index is -1.05. The highest BCUT2D eigenvalue weighted by Gasteiger charge is 2.24. The lowest BCUT2D eigenvalue weighted by Gasteiger charge is -2.25. The van der Waals surface area contributed by atoms with Crippen molar-refractivity contribution in [1.29, 1.82) is 0 Å². The smallest absolute Gasteiger partial charge is 0.306 e. The number of aliphatic carboxylic acids is 1. The molecule has 1 aliphatic rings. The van der Waals surface area contributed by atoms with Gasteiger partial charge in [-0.1, -0.05) is 38.7 Å². The fraction of sp³-hybridized carbons (Fsp3) is 0.700. The Bertz CT molecular complexity index is 444. The van der Waals surface area contributed by atoms with E-state index < -0.39 is 18.2 Å². The maximum absolute atomic E-state index is 11.0. The predicted octanol–water partition coefficient (Wildman–Crippen LogP) is 3.47. The molecule has 3 N–H and O–H groups in total. The Labute approximate surface area is 157 Å². The van der Waals surface area contributed by atoms with Crippen LogP contribution in [0.15, 0.2) is 24.3 Å². The molecular weight excluding hydrogens is 336 g/mol. The number of aliphatic hydroxyl groups is 2. The molecule has 0 aromatic rings. The van der Waals surface area contributed by atoms with E-state index in [4.69, 9.17) is 14.9 Å². The van der Waals surface area contributed by atoms with Gasteiger partial charge in [-0.2, -0.15) is 0 Å². The zero-order valence-corrected chi connectivity index (χ0v) is 15.4. The van der Waals surface area contributed by atoms with Crippen molar-refractivity contribution in [3.05, 3.63) is 24.3 Å².